The van der Waals surface area contributed by atoms with Crippen LogP contribution in [0.1, 0.15) is 20.3 Å². The first kappa shape index (κ1) is 19.0. The Bertz CT molecular complexity index is 618. The van der Waals surface area contributed by atoms with E-state index in [1.54, 1.807) is 0 Å². The molecule has 8 heteroatoms. The molecule has 0 aliphatic carbocycles. The van der Waals surface area contributed by atoms with Gasteiger partial charge in [0, 0.05) is 19.7 Å². The van der Waals surface area contributed by atoms with Crippen LogP contribution in [0.15, 0.2) is 17.8 Å². The van der Waals surface area contributed by atoms with Gasteiger partial charge in [0.05, 0.1) is 44.8 Å². The number of nitrogens with one attached hydrogen (secondary N) is 1. The normalized spacial score (nSPS) is 23.6. The van der Waals surface area contributed by atoms with Gasteiger partial charge in [-0.15, -0.1) is 0 Å². The number of nitrogens with zero attached hydrogens (tertiary/aromatic N) is 3. The summed E-state index contributed by atoms with van der Waals surface area (Å²) < 4.78 is 31.0. The van der Waals surface area contributed by atoms with E-state index in [2.05, 4.69) is 21.4 Å². The van der Waals surface area contributed by atoms with E-state index in [9.17, 15) is 4.39 Å². The molecule has 144 valence electrons. The third kappa shape index (κ3) is 5.12. The lowest BCUT2D eigenvalue weighted by atomic mass is 10.1. The molecule has 2 fully saturated rings. The van der Waals surface area contributed by atoms with E-state index in [-0.39, 0.29) is 12.1 Å². The van der Waals surface area contributed by atoms with Gasteiger partial charge in [-0.05, 0) is 20.3 Å². The molecule has 2 atom stereocenters. The Hall–Kier alpha value is -1.77. The largest absolute Gasteiger partial charge is 0.379 e. The molecule has 0 unspecified atom stereocenters. The fraction of sp³-hybridized carbons (Fsp3) is 0.667. The maximum atomic E-state index is 14.2. The number of hydrogen-bond acceptors (Lipinski definition) is 7. The van der Waals surface area contributed by atoms with Crippen molar-refractivity contribution in [3.63, 3.8) is 0 Å². The highest BCUT2D eigenvalue weighted by atomic mass is 19.1. The van der Waals surface area contributed by atoms with Crippen LogP contribution >= 0.6 is 0 Å². The number of morpholine rings is 1. The molecule has 2 saturated heterocycles. The molecule has 1 N–H and O–H groups in total. The monoisotopic (exact) mass is 366 g/mol. The number of rotatable bonds is 6. The summed E-state index contributed by atoms with van der Waals surface area (Å²) in [5.74, 6) is 0.275. The predicted octanol–water partition coefficient (Wildman–Crippen LogP) is 2.00. The zero-order valence-corrected chi connectivity index (χ0v) is 15.4. The quantitative estimate of drug-likeness (QED) is 0.772. The molecule has 0 bridgehead atoms. The van der Waals surface area contributed by atoms with Crippen molar-refractivity contribution in [3.8, 4) is 0 Å². The third-order valence-electron chi connectivity index (χ3n) is 4.45. The standard InChI is InChI=1S/C18H27FN4O3/c1-13(2)3-8-26-16-4-7-25-12-15(16)21-18-20-11-14(19)17(22-18)23-5-9-24-10-6-23/h3,11,15-16H,4-10,12H2,1-2H3,(H,20,21,22)/t15-,16+/m1/s1. The number of halogens is 1. The van der Waals surface area contributed by atoms with Gasteiger partial charge >= 0.3 is 0 Å². The number of aromatic nitrogens is 2. The Morgan fingerprint density at radius 2 is 2.15 bits per heavy atom. The van der Waals surface area contributed by atoms with E-state index in [0.717, 1.165) is 6.42 Å². The molecule has 0 saturated carbocycles. The SMILES string of the molecule is CC(C)=CCO[C@H]1CCOC[C@H]1Nc1ncc(F)c(N2CCOCC2)n1. The van der Waals surface area contributed by atoms with E-state index in [1.807, 2.05) is 18.7 Å². The minimum atomic E-state index is -0.422. The van der Waals surface area contributed by atoms with Gasteiger partial charge in [0.1, 0.15) is 0 Å². The molecule has 7 nitrogen and oxygen atoms in total. The van der Waals surface area contributed by atoms with Gasteiger partial charge in [0.25, 0.3) is 0 Å². The minimum Gasteiger partial charge on any atom is -0.379 e. The Kier molecular flexibility index (Phi) is 6.76. The van der Waals surface area contributed by atoms with Crippen LogP contribution in [0, 0.1) is 5.82 Å². The van der Waals surface area contributed by atoms with Crippen molar-refractivity contribution < 1.29 is 18.6 Å². The topological polar surface area (TPSA) is 68.7 Å². The van der Waals surface area contributed by atoms with Crippen LogP contribution in [0.3, 0.4) is 0 Å². The fourth-order valence-electron chi connectivity index (χ4n) is 2.98. The van der Waals surface area contributed by atoms with Crippen LogP contribution < -0.4 is 10.2 Å². The number of anilines is 2. The highest BCUT2D eigenvalue weighted by Crippen LogP contribution is 2.21. The second-order valence-corrected chi connectivity index (χ2v) is 6.73. The Balaban J connectivity index is 1.66. The second-order valence-electron chi connectivity index (χ2n) is 6.73. The zero-order valence-electron chi connectivity index (χ0n) is 15.4. The van der Waals surface area contributed by atoms with E-state index >= 15 is 0 Å². The highest BCUT2D eigenvalue weighted by Gasteiger charge is 2.27. The number of allylic oxidation sites excluding steroid dienone is 1. The number of hydrogen-bond donors (Lipinski definition) is 1. The summed E-state index contributed by atoms with van der Waals surface area (Å²) in [7, 11) is 0. The molecular formula is C18H27FN4O3. The Morgan fingerprint density at radius 3 is 2.92 bits per heavy atom. The first-order chi connectivity index (χ1) is 12.6. The second kappa shape index (κ2) is 9.25. The maximum absolute atomic E-state index is 14.2. The van der Waals surface area contributed by atoms with Crippen LogP contribution in [0.2, 0.25) is 0 Å². The highest BCUT2D eigenvalue weighted by molar-refractivity contribution is 5.44. The average molecular weight is 366 g/mol. The maximum Gasteiger partial charge on any atom is 0.225 e. The molecular weight excluding hydrogens is 339 g/mol. The van der Waals surface area contributed by atoms with Crippen molar-refractivity contribution in [2.75, 3.05) is 56.3 Å². The molecule has 0 spiro atoms. The first-order valence-electron chi connectivity index (χ1n) is 9.08. The smallest absolute Gasteiger partial charge is 0.225 e. The van der Waals surface area contributed by atoms with Crippen molar-refractivity contribution >= 4 is 11.8 Å². The summed E-state index contributed by atoms with van der Waals surface area (Å²) in [5, 5.41) is 3.26. The Morgan fingerprint density at radius 1 is 1.35 bits per heavy atom. The summed E-state index contributed by atoms with van der Waals surface area (Å²) >= 11 is 0. The van der Waals surface area contributed by atoms with E-state index < -0.39 is 5.82 Å². The van der Waals surface area contributed by atoms with Crippen molar-refractivity contribution in [2.45, 2.75) is 32.4 Å². The molecule has 3 rings (SSSR count). The molecule has 1 aromatic heterocycles. The number of ether oxygens (including phenoxy) is 3. The van der Waals surface area contributed by atoms with E-state index in [1.165, 1.54) is 11.8 Å². The summed E-state index contributed by atoms with van der Waals surface area (Å²) in [4.78, 5) is 10.4. The summed E-state index contributed by atoms with van der Waals surface area (Å²) in [5.41, 5.74) is 1.22. The van der Waals surface area contributed by atoms with Crippen molar-refractivity contribution in [2.24, 2.45) is 0 Å². The Labute approximate surface area is 153 Å². The first-order valence-corrected chi connectivity index (χ1v) is 9.08. The van der Waals surface area contributed by atoms with Crippen LogP contribution in [0.25, 0.3) is 0 Å². The molecule has 26 heavy (non-hydrogen) atoms. The fourth-order valence-corrected chi connectivity index (χ4v) is 2.98. The third-order valence-corrected chi connectivity index (χ3v) is 4.45. The lowest BCUT2D eigenvalue weighted by Gasteiger charge is -2.32. The molecule has 0 radical (unpaired) electrons. The molecule has 0 aromatic carbocycles. The van der Waals surface area contributed by atoms with Crippen molar-refractivity contribution in [1.29, 1.82) is 0 Å². The van der Waals surface area contributed by atoms with Gasteiger partial charge in [-0.25, -0.2) is 9.37 Å². The van der Waals surface area contributed by atoms with Crippen molar-refractivity contribution in [3.05, 3.63) is 23.7 Å². The van der Waals surface area contributed by atoms with E-state index in [0.29, 0.717) is 57.9 Å². The van der Waals surface area contributed by atoms with Gasteiger partial charge < -0.3 is 24.4 Å². The minimum absolute atomic E-state index is 0.000148. The molecule has 1 aromatic rings. The summed E-state index contributed by atoms with van der Waals surface area (Å²) in [6.07, 6.45) is 4.06. The van der Waals surface area contributed by atoms with Crippen LogP contribution in [0.5, 0.6) is 0 Å². The van der Waals surface area contributed by atoms with Gasteiger partial charge in [0.2, 0.25) is 5.95 Å². The van der Waals surface area contributed by atoms with Crippen LogP contribution in [-0.2, 0) is 14.2 Å². The van der Waals surface area contributed by atoms with Crippen LogP contribution in [0.4, 0.5) is 16.2 Å². The molecule has 2 aliphatic rings. The van der Waals surface area contributed by atoms with Gasteiger partial charge in [-0.2, -0.15) is 4.98 Å². The molecule has 2 aliphatic heterocycles. The van der Waals surface area contributed by atoms with Crippen molar-refractivity contribution in [1.82, 2.24) is 9.97 Å². The lowest BCUT2D eigenvalue weighted by molar-refractivity contribution is -0.0319. The van der Waals surface area contributed by atoms with E-state index in [4.69, 9.17) is 14.2 Å². The van der Waals surface area contributed by atoms with Gasteiger partial charge in [-0.3, -0.25) is 0 Å². The molecule has 0 amide bonds. The van der Waals surface area contributed by atoms with Gasteiger partial charge in [-0.1, -0.05) is 11.6 Å². The summed E-state index contributed by atoms with van der Waals surface area (Å²) in [6.45, 7) is 8.21. The van der Waals surface area contributed by atoms with Crippen LogP contribution in [-0.4, -0.2) is 68.2 Å². The lowest BCUT2D eigenvalue weighted by Crippen LogP contribution is -2.44. The summed E-state index contributed by atoms with van der Waals surface area (Å²) in [6, 6.07) is -0.0719. The predicted molar refractivity (Wildman–Crippen MR) is 97.0 cm³/mol. The van der Waals surface area contributed by atoms with Gasteiger partial charge in [0.15, 0.2) is 11.6 Å². The molecule has 3 heterocycles. The average Bonchev–Trinajstić information content (AvgIpc) is 2.65. The zero-order chi connectivity index (χ0) is 18.4.